The minimum absolute atomic E-state index is 0.0788. The van der Waals surface area contributed by atoms with Crippen LogP contribution in [0.1, 0.15) is 28.5 Å². The van der Waals surface area contributed by atoms with E-state index in [0.717, 1.165) is 15.8 Å². The van der Waals surface area contributed by atoms with Crippen LogP contribution < -0.4 is 18.9 Å². The number of pyridine rings is 1. The highest BCUT2D eigenvalue weighted by atomic mass is 32.1. The number of ether oxygens (including phenoxy) is 4. The zero-order chi connectivity index (χ0) is 32.6. The van der Waals surface area contributed by atoms with Crippen molar-refractivity contribution in [3.63, 3.8) is 0 Å². The van der Waals surface area contributed by atoms with E-state index in [1.165, 1.54) is 18.3 Å². The summed E-state index contributed by atoms with van der Waals surface area (Å²) >= 11 is 1.37. The lowest BCUT2D eigenvalue weighted by Gasteiger charge is -2.14. The first-order valence-corrected chi connectivity index (χ1v) is 15.5. The van der Waals surface area contributed by atoms with E-state index in [4.69, 9.17) is 18.9 Å². The number of carboxylic acids is 1. The number of esters is 1. The number of carbonyl (C=O) groups excluding carboxylic acids is 1. The van der Waals surface area contributed by atoms with E-state index in [2.05, 4.69) is 4.98 Å². The summed E-state index contributed by atoms with van der Waals surface area (Å²) in [7, 11) is 0. The molecule has 0 amide bonds. The van der Waals surface area contributed by atoms with E-state index < -0.39 is 11.9 Å². The maximum absolute atomic E-state index is 12.5. The molecule has 0 spiro atoms. The van der Waals surface area contributed by atoms with E-state index in [1.54, 1.807) is 54.9 Å². The molecular formula is C38H29NO7S. The molecule has 0 aliphatic rings. The van der Waals surface area contributed by atoms with E-state index in [1.807, 2.05) is 72.8 Å². The Morgan fingerprint density at radius 2 is 1.34 bits per heavy atom. The first-order chi connectivity index (χ1) is 22.9. The molecule has 234 valence electrons. The molecule has 9 heteroatoms. The van der Waals surface area contributed by atoms with Gasteiger partial charge < -0.3 is 24.1 Å². The normalized spacial score (nSPS) is 11.2. The van der Waals surface area contributed by atoms with Crippen LogP contribution in [-0.4, -0.2) is 22.0 Å². The minimum Gasteiger partial charge on any atom is -0.485 e. The van der Waals surface area contributed by atoms with Crippen LogP contribution in [0.3, 0.4) is 0 Å². The van der Waals surface area contributed by atoms with Gasteiger partial charge in [-0.25, -0.2) is 4.79 Å². The Morgan fingerprint density at radius 3 is 1.91 bits per heavy atom. The van der Waals surface area contributed by atoms with Crippen molar-refractivity contribution in [1.82, 2.24) is 4.98 Å². The topological polar surface area (TPSA) is 104 Å². The van der Waals surface area contributed by atoms with Gasteiger partial charge in [-0.3, -0.25) is 9.78 Å². The smallest absolute Gasteiger partial charge is 0.336 e. The number of benzene rings is 4. The first kappa shape index (κ1) is 31.1. The van der Waals surface area contributed by atoms with Gasteiger partial charge in [0.25, 0.3) is 0 Å². The van der Waals surface area contributed by atoms with Crippen LogP contribution in [0.4, 0.5) is 0 Å². The third kappa shape index (κ3) is 7.84. The van der Waals surface area contributed by atoms with Crippen LogP contribution in [0.2, 0.25) is 0 Å². The Labute approximate surface area is 275 Å². The number of nitrogens with zero attached hydrogens (tertiary/aromatic N) is 1. The van der Waals surface area contributed by atoms with Crippen molar-refractivity contribution < 1.29 is 33.6 Å². The highest BCUT2D eigenvalue weighted by Gasteiger charge is 2.21. The molecule has 0 saturated carbocycles. The molecule has 0 unspecified atom stereocenters. The van der Waals surface area contributed by atoms with Gasteiger partial charge in [-0.1, -0.05) is 60.7 Å². The van der Waals surface area contributed by atoms with Crippen molar-refractivity contribution in [3.8, 4) is 28.7 Å². The number of carboxylic acid groups (broad SMARTS) is 1. The van der Waals surface area contributed by atoms with Gasteiger partial charge in [-0.05, 0) is 65.2 Å². The standard InChI is InChI=1S/C38H29NO7S/c1-25(40)45-29-12-14-30(15-13-29)46-37-32-20-33(43-23-26-8-4-2-5-9-26)34(44-24-27-10-6-3-7-11-27)22-35(32)47-36(37)21-31(38(41)42)28-16-18-39-19-17-28/h2-22H,23-24H2,1H3,(H,41,42)/b31-21+. The van der Waals surface area contributed by atoms with Crippen LogP contribution in [0.25, 0.3) is 21.7 Å². The molecule has 1 N–H and O–H groups in total. The average Bonchev–Trinajstić information content (AvgIpc) is 3.42. The number of hydrogen-bond acceptors (Lipinski definition) is 8. The number of fused-ring (bicyclic) bond motifs is 1. The number of aliphatic carboxylic acids is 1. The number of carbonyl (C=O) groups is 2. The first-order valence-electron chi connectivity index (χ1n) is 14.7. The number of hydrogen-bond donors (Lipinski definition) is 1. The molecule has 0 aliphatic heterocycles. The Bertz CT molecular complexity index is 2020. The highest BCUT2D eigenvalue weighted by molar-refractivity contribution is 7.20. The molecule has 4 aromatic carbocycles. The van der Waals surface area contributed by atoms with Crippen molar-refractivity contribution in [3.05, 3.63) is 143 Å². The average molecular weight is 644 g/mol. The minimum atomic E-state index is -1.09. The van der Waals surface area contributed by atoms with Crippen LogP contribution in [-0.2, 0) is 22.8 Å². The van der Waals surface area contributed by atoms with Crippen molar-refractivity contribution in [2.75, 3.05) is 0 Å². The van der Waals surface area contributed by atoms with Crippen molar-refractivity contribution in [1.29, 1.82) is 0 Å². The summed E-state index contributed by atoms with van der Waals surface area (Å²) in [6.45, 7) is 1.97. The molecule has 2 heterocycles. The highest BCUT2D eigenvalue weighted by Crippen LogP contribution is 2.47. The van der Waals surface area contributed by atoms with E-state index in [9.17, 15) is 14.7 Å². The molecular weight excluding hydrogens is 614 g/mol. The van der Waals surface area contributed by atoms with Crippen molar-refractivity contribution >= 4 is 45.0 Å². The van der Waals surface area contributed by atoms with Crippen molar-refractivity contribution in [2.24, 2.45) is 0 Å². The zero-order valence-electron chi connectivity index (χ0n) is 25.3. The second-order valence-electron chi connectivity index (χ2n) is 10.4. The second kappa shape index (κ2) is 14.4. The molecule has 8 nitrogen and oxygen atoms in total. The Kier molecular flexibility index (Phi) is 9.55. The molecule has 0 atom stereocenters. The predicted molar refractivity (Wildman–Crippen MR) is 181 cm³/mol. The lowest BCUT2D eigenvalue weighted by molar-refractivity contribution is -0.132. The van der Waals surface area contributed by atoms with Gasteiger partial charge in [0.05, 0.1) is 10.5 Å². The quantitative estimate of drug-likeness (QED) is 0.0802. The molecule has 6 rings (SSSR count). The lowest BCUT2D eigenvalue weighted by atomic mass is 10.1. The van der Waals surface area contributed by atoms with Crippen LogP contribution in [0.5, 0.6) is 28.7 Å². The molecule has 6 aromatic rings. The van der Waals surface area contributed by atoms with E-state index in [0.29, 0.717) is 57.8 Å². The molecule has 0 fully saturated rings. The van der Waals surface area contributed by atoms with Gasteiger partial charge in [0.15, 0.2) is 17.2 Å². The molecule has 0 aliphatic carbocycles. The SMILES string of the molecule is CC(=O)Oc1ccc(Oc2c(/C=C(/C(=O)O)c3ccncc3)sc3cc(OCc4ccccc4)c(OCc4ccccc4)cc23)cc1. The van der Waals surface area contributed by atoms with Crippen LogP contribution >= 0.6 is 11.3 Å². The molecule has 0 radical (unpaired) electrons. The fraction of sp³-hybridized carbons (Fsp3) is 0.0789. The largest absolute Gasteiger partial charge is 0.485 e. The Hall–Kier alpha value is -5.93. The van der Waals surface area contributed by atoms with Gasteiger partial charge >= 0.3 is 11.9 Å². The summed E-state index contributed by atoms with van der Waals surface area (Å²) in [4.78, 5) is 28.5. The summed E-state index contributed by atoms with van der Waals surface area (Å²) in [5.74, 6) is 0.809. The number of thiophene rings is 1. The summed E-state index contributed by atoms with van der Waals surface area (Å²) in [6.07, 6.45) is 4.69. The fourth-order valence-electron chi connectivity index (χ4n) is 4.79. The molecule has 2 aromatic heterocycles. The summed E-state index contributed by atoms with van der Waals surface area (Å²) in [5.41, 5.74) is 2.57. The van der Waals surface area contributed by atoms with E-state index in [-0.39, 0.29) is 5.57 Å². The van der Waals surface area contributed by atoms with Crippen LogP contribution in [0, 0.1) is 0 Å². The van der Waals surface area contributed by atoms with Crippen molar-refractivity contribution in [2.45, 2.75) is 20.1 Å². The van der Waals surface area contributed by atoms with E-state index >= 15 is 0 Å². The summed E-state index contributed by atoms with van der Waals surface area (Å²) in [6, 6.07) is 33.3. The zero-order valence-corrected chi connectivity index (χ0v) is 26.1. The summed E-state index contributed by atoms with van der Waals surface area (Å²) in [5, 5.41) is 10.9. The third-order valence-corrected chi connectivity index (χ3v) is 8.09. The maximum atomic E-state index is 12.5. The van der Waals surface area contributed by atoms with Gasteiger partial charge in [-0.15, -0.1) is 11.3 Å². The van der Waals surface area contributed by atoms with Gasteiger partial charge in [0, 0.05) is 35.5 Å². The number of aromatic nitrogens is 1. The van der Waals surface area contributed by atoms with Crippen LogP contribution in [0.15, 0.2) is 122 Å². The summed E-state index contributed by atoms with van der Waals surface area (Å²) < 4.78 is 25.1. The molecule has 0 bridgehead atoms. The third-order valence-electron chi connectivity index (χ3n) is 7.01. The predicted octanol–water partition coefficient (Wildman–Crippen LogP) is 8.80. The van der Waals surface area contributed by atoms with Gasteiger partial charge in [-0.2, -0.15) is 0 Å². The Balaban J connectivity index is 1.46. The maximum Gasteiger partial charge on any atom is 0.336 e. The monoisotopic (exact) mass is 643 g/mol. The van der Waals surface area contributed by atoms with Gasteiger partial charge in [0.1, 0.15) is 24.7 Å². The van der Waals surface area contributed by atoms with Gasteiger partial charge in [0.2, 0.25) is 0 Å². The molecule has 0 saturated heterocycles. The fourth-order valence-corrected chi connectivity index (χ4v) is 5.87. The lowest BCUT2D eigenvalue weighted by Crippen LogP contribution is -2.01. The Morgan fingerprint density at radius 1 is 0.766 bits per heavy atom. The second-order valence-corrected chi connectivity index (χ2v) is 11.5. The number of rotatable bonds is 12. The molecule has 47 heavy (non-hydrogen) atoms.